The molecule has 0 saturated carbocycles. The number of nitrogens with zero attached hydrogens (tertiary/aromatic N) is 1. The Hall–Kier alpha value is -2.21. The van der Waals surface area contributed by atoms with Gasteiger partial charge in [0.2, 0.25) is 0 Å². The van der Waals surface area contributed by atoms with E-state index in [0.717, 1.165) is 17.7 Å². The molecule has 2 aromatic carbocycles. The third-order valence-corrected chi connectivity index (χ3v) is 4.73. The molecule has 1 unspecified atom stereocenters. The molecule has 0 aliphatic carbocycles. The van der Waals surface area contributed by atoms with Crippen LogP contribution in [0.3, 0.4) is 0 Å². The van der Waals surface area contributed by atoms with Crippen molar-refractivity contribution in [2.24, 2.45) is 0 Å². The van der Waals surface area contributed by atoms with Gasteiger partial charge in [0, 0.05) is 30.8 Å². The Balaban J connectivity index is 0.00000261. The second-order valence-corrected chi connectivity index (χ2v) is 6.57. The van der Waals surface area contributed by atoms with Crippen LogP contribution in [0.1, 0.15) is 39.6 Å². The molecular formula is C21H24ClNO4. The predicted octanol–water partition coefficient (Wildman–Crippen LogP) is 3.50. The number of hydrogen-bond donors (Lipinski definition) is 1. The maximum atomic E-state index is 12.7. The molecule has 1 fully saturated rings. The number of carbonyl (C=O) groups is 2. The van der Waals surface area contributed by atoms with Crippen LogP contribution in [0.15, 0.2) is 48.5 Å². The lowest BCUT2D eigenvalue weighted by atomic mass is 9.97. The summed E-state index contributed by atoms with van der Waals surface area (Å²) in [4.78, 5) is 25.5. The summed E-state index contributed by atoms with van der Waals surface area (Å²) in [5, 5.41) is 8.83. The van der Waals surface area contributed by atoms with Crippen molar-refractivity contribution in [2.45, 2.75) is 19.4 Å². The van der Waals surface area contributed by atoms with Crippen LogP contribution in [-0.2, 0) is 9.53 Å². The molecule has 0 spiro atoms. The van der Waals surface area contributed by atoms with Gasteiger partial charge in [0.1, 0.15) is 0 Å². The first-order valence-electron chi connectivity index (χ1n) is 8.80. The van der Waals surface area contributed by atoms with E-state index in [9.17, 15) is 9.59 Å². The van der Waals surface area contributed by atoms with Crippen molar-refractivity contribution in [3.8, 4) is 0 Å². The second-order valence-electron chi connectivity index (χ2n) is 6.57. The van der Waals surface area contributed by atoms with Gasteiger partial charge in [-0.25, -0.2) is 0 Å². The van der Waals surface area contributed by atoms with Gasteiger partial charge in [-0.3, -0.25) is 14.5 Å². The van der Waals surface area contributed by atoms with Crippen molar-refractivity contribution in [1.29, 1.82) is 0 Å². The lowest BCUT2D eigenvalue weighted by Gasteiger charge is -2.32. The summed E-state index contributed by atoms with van der Waals surface area (Å²) in [7, 11) is 0. The number of carboxylic acid groups (broad SMARTS) is 1. The minimum absolute atomic E-state index is 0. The fourth-order valence-electron chi connectivity index (χ4n) is 3.19. The fraction of sp³-hybridized carbons (Fsp3) is 0.333. The zero-order valence-corrected chi connectivity index (χ0v) is 16.1. The summed E-state index contributed by atoms with van der Waals surface area (Å²) < 4.78 is 5.83. The van der Waals surface area contributed by atoms with Gasteiger partial charge in [-0.1, -0.05) is 48.5 Å². The Kier molecular flexibility index (Phi) is 7.54. The van der Waals surface area contributed by atoms with E-state index in [1.165, 1.54) is 0 Å². The van der Waals surface area contributed by atoms with Gasteiger partial charge < -0.3 is 9.84 Å². The quantitative estimate of drug-likeness (QED) is 0.766. The molecule has 1 N–H and O–H groups in total. The molecule has 27 heavy (non-hydrogen) atoms. The number of rotatable bonds is 6. The summed E-state index contributed by atoms with van der Waals surface area (Å²) in [6, 6.07) is 15.1. The van der Waals surface area contributed by atoms with E-state index in [1.54, 1.807) is 0 Å². The molecule has 144 valence electrons. The van der Waals surface area contributed by atoms with Crippen molar-refractivity contribution >= 4 is 24.2 Å². The first-order valence-corrected chi connectivity index (χ1v) is 8.80. The summed E-state index contributed by atoms with van der Waals surface area (Å²) in [6.45, 7) is 4.45. The van der Waals surface area contributed by atoms with Crippen molar-refractivity contribution < 1.29 is 19.4 Å². The van der Waals surface area contributed by atoms with Crippen LogP contribution in [0.25, 0.3) is 0 Å². The van der Waals surface area contributed by atoms with Crippen LogP contribution >= 0.6 is 12.4 Å². The van der Waals surface area contributed by atoms with Crippen LogP contribution in [0.2, 0.25) is 0 Å². The van der Waals surface area contributed by atoms with Gasteiger partial charge in [0.15, 0.2) is 5.78 Å². The van der Waals surface area contributed by atoms with Gasteiger partial charge in [0.05, 0.1) is 19.1 Å². The van der Waals surface area contributed by atoms with E-state index in [1.807, 2.05) is 55.5 Å². The highest BCUT2D eigenvalue weighted by molar-refractivity contribution is 6.09. The minimum Gasteiger partial charge on any atom is -0.481 e. The molecule has 1 atom stereocenters. The van der Waals surface area contributed by atoms with Gasteiger partial charge in [-0.2, -0.15) is 0 Å². The number of halogens is 1. The van der Waals surface area contributed by atoms with Crippen LogP contribution in [0.5, 0.6) is 0 Å². The van der Waals surface area contributed by atoms with E-state index in [-0.39, 0.29) is 30.7 Å². The topological polar surface area (TPSA) is 66.8 Å². The van der Waals surface area contributed by atoms with Gasteiger partial charge in [-0.05, 0) is 18.1 Å². The van der Waals surface area contributed by atoms with E-state index < -0.39 is 5.97 Å². The highest BCUT2D eigenvalue weighted by Gasteiger charge is 2.22. The predicted molar refractivity (Wildman–Crippen MR) is 106 cm³/mol. The van der Waals surface area contributed by atoms with Crippen LogP contribution in [0.4, 0.5) is 0 Å². The molecule has 6 heteroatoms. The normalized spacial score (nSPS) is 17.1. The summed E-state index contributed by atoms with van der Waals surface area (Å²) >= 11 is 0. The third-order valence-electron chi connectivity index (χ3n) is 4.73. The third kappa shape index (κ3) is 5.39. The molecule has 3 rings (SSSR count). The van der Waals surface area contributed by atoms with E-state index in [4.69, 9.17) is 9.84 Å². The van der Waals surface area contributed by atoms with Gasteiger partial charge >= 0.3 is 5.97 Å². The summed E-state index contributed by atoms with van der Waals surface area (Å²) in [5.41, 5.74) is 3.34. The summed E-state index contributed by atoms with van der Waals surface area (Å²) in [6.07, 6.45) is 0.0384. The van der Waals surface area contributed by atoms with Crippen molar-refractivity contribution in [1.82, 2.24) is 4.90 Å². The smallest absolute Gasteiger partial charge is 0.304 e. The highest BCUT2D eigenvalue weighted by atomic mass is 35.5. The Labute approximate surface area is 165 Å². The number of morpholine rings is 1. The monoisotopic (exact) mass is 389 g/mol. The number of aryl methyl sites for hydroxylation is 1. The number of hydrogen-bond acceptors (Lipinski definition) is 4. The van der Waals surface area contributed by atoms with Crippen molar-refractivity contribution in [3.05, 3.63) is 70.8 Å². The molecule has 0 radical (unpaired) electrons. The number of aliphatic carboxylic acids is 1. The molecule has 5 nitrogen and oxygen atoms in total. The maximum absolute atomic E-state index is 12.7. The molecule has 2 aromatic rings. The first kappa shape index (κ1) is 21.1. The standard InChI is InChI=1S/C21H23NO4.ClH/c1-15-4-2-3-5-18(15)21(25)17-8-6-16(7-9-17)19-14-22(12-13-26-19)11-10-20(23)24;/h2-9,19H,10-14H2,1H3,(H,23,24);1H. The van der Waals surface area contributed by atoms with Crippen LogP contribution in [-0.4, -0.2) is 48.0 Å². The van der Waals surface area contributed by atoms with Crippen LogP contribution < -0.4 is 0 Å². The van der Waals surface area contributed by atoms with Gasteiger partial charge in [0.25, 0.3) is 0 Å². The van der Waals surface area contributed by atoms with E-state index >= 15 is 0 Å². The molecule has 0 amide bonds. The Morgan fingerprint density at radius 1 is 1.15 bits per heavy atom. The highest BCUT2D eigenvalue weighted by Crippen LogP contribution is 2.23. The number of ketones is 1. The molecule has 1 heterocycles. The number of benzene rings is 2. The molecular weight excluding hydrogens is 366 g/mol. The number of carbonyl (C=O) groups excluding carboxylic acids is 1. The average Bonchev–Trinajstić information content (AvgIpc) is 2.66. The zero-order chi connectivity index (χ0) is 18.5. The second kappa shape index (κ2) is 9.65. The van der Waals surface area contributed by atoms with Crippen LogP contribution in [0, 0.1) is 6.92 Å². The SMILES string of the molecule is Cc1ccccc1C(=O)c1ccc(C2CN(CCC(=O)O)CCO2)cc1.Cl. The minimum atomic E-state index is -0.785. The number of ether oxygens (including phenoxy) is 1. The molecule has 1 saturated heterocycles. The molecule has 0 aromatic heterocycles. The van der Waals surface area contributed by atoms with Gasteiger partial charge in [-0.15, -0.1) is 12.4 Å². The average molecular weight is 390 g/mol. The molecule has 1 aliphatic heterocycles. The Morgan fingerprint density at radius 2 is 1.85 bits per heavy atom. The maximum Gasteiger partial charge on any atom is 0.304 e. The lowest BCUT2D eigenvalue weighted by molar-refractivity contribution is -0.137. The van der Waals surface area contributed by atoms with E-state index in [2.05, 4.69) is 4.90 Å². The lowest BCUT2D eigenvalue weighted by Crippen LogP contribution is -2.39. The van der Waals surface area contributed by atoms with Crippen molar-refractivity contribution in [2.75, 3.05) is 26.2 Å². The fourth-order valence-corrected chi connectivity index (χ4v) is 3.19. The number of carboxylic acids is 1. The summed E-state index contributed by atoms with van der Waals surface area (Å²) in [5.74, 6) is -0.769. The molecule has 1 aliphatic rings. The Morgan fingerprint density at radius 3 is 2.52 bits per heavy atom. The zero-order valence-electron chi connectivity index (χ0n) is 15.3. The molecule has 0 bridgehead atoms. The van der Waals surface area contributed by atoms with Crippen molar-refractivity contribution in [3.63, 3.8) is 0 Å². The Bertz CT molecular complexity index is 791. The first-order chi connectivity index (χ1) is 12.5. The largest absolute Gasteiger partial charge is 0.481 e. The van der Waals surface area contributed by atoms with E-state index in [0.29, 0.717) is 30.8 Å².